The van der Waals surface area contributed by atoms with Crippen LogP contribution < -0.4 is 11.5 Å². The van der Waals surface area contributed by atoms with E-state index in [2.05, 4.69) is 20.1 Å². The van der Waals surface area contributed by atoms with Crippen molar-refractivity contribution >= 4 is 0 Å². The molecule has 0 spiro atoms. The van der Waals surface area contributed by atoms with Gasteiger partial charge in [0.05, 0.1) is 0 Å². The van der Waals surface area contributed by atoms with Crippen LogP contribution in [0.3, 0.4) is 0 Å². The molecule has 0 bridgehead atoms. The van der Waals surface area contributed by atoms with Gasteiger partial charge in [-0.05, 0) is 48.1 Å². The van der Waals surface area contributed by atoms with E-state index in [1.165, 1.54) is 0 Å². The normalized spacial score (nSPS) is 14.9. The van der Waals surface area contributed by atoms with Gasteiger partial charge in [0.2, 0.25) is 0 Å². The molecule has 27 heavy (non-hydrogen) atoms. The van der Waals surface area contributed by atoms with Crippen LogP contribution in [0.15, 0.2) is 70.9 Å². The molecule has 0 heterocycles. The van der Waals surface area contributed by atoms with Gasteiger partial charge in [0.25, 0.3) is 0 Å². The average molecular weight is 366 g/mol. The van der Waals surface area contributed by atoms with Gasteiger partial charge in [-0.1, -0.05) is 70.9 Å². The second-order valence-electron chi connectivity index (χ2n) is 5.86. The summed E-state index contributed by atoms with van der Waals surface area (Å²) < 4.78 is 6.36. The molecule has 0 saturated carbocycles. The van der Waals surface area contributed by atoms with Crippen molar-refractivity contribution < 1.29 is 4.74 Å². The number of ether oxygens (including phenoxy) is 1. The van der Waals surface area contributed by atoms with Gasteiger partial charge in [-0.25, -0.2) is 0 Å². The number of nitrogens with zero attached hydrogens (tertiary/aromatic N) is 6. The minimum atomic E-state index is -1.45. The summed E-state index contributed by atoms with van der Waals surface area (Å²) >= 11 is 0. The highest BCUT2D eigenvalue weighted by Gasteiger charge is 2.43. The van der Waals surface area contributed by atoms with Gasteiger partial charge in [-0.2, -0.15) is 0 Å². The molecule has 0 fully saturated rings. The summed E-state index contributed by atoms with van der Waals surface area (Å²) in [5.41, 5.74) is 28.4. The van der Waals surface area contributed by atoms with Crippen molar-refractivity contribution in [2.45, 2.75) is 24.3 Å². The molecule has 0 aliphatic rings. The van der Waals surface area contributed by atoms with Gasteiger partial charge < -0.3 is 16.2 Å². The second kappa shape index (κ2) is 9.59. The summed E-state index contributed by atoms with van der Waals surface area (Å²) in [5, 5.41) is 7.89. The molecule has 0 aromatic heterocycles. The van der Waals surface area contributed by atoms with Gasteiger partial charge in [-0.15, -0.1) is 0 Å². The SMILES string of the molecule is [N-]=[N+]=NC(CCN)(OC(CCN)(N=[N+]=[N-])c1ccccc1)c1ccccc1. The summed E-state index contributed by atoms with van der Waals surface area (Å²) in [5.74, 6) is 0. The number of azide groups is 2. The standard InChI is InChI=1S/C18H22N8O/c19-13-11-17(23-25-21,15-7-3-1-4-8-15)27-18(12-14-20,24-26-22)16-9-5-2-6-10-16/h1-10H,11-14,19-20H2. The molecule has 0 amide bonds. The largest absolute Gasteiger partial charge is 0.347 e. The zero-order valence-electron chi connectivity index (χ0n) is 14.8. The third kappa shape index (κ3) is 4.57. The minimum absolute atomic E-state index is 0.192. The van der Waals surface area contributed by atoms with Gasteiger partial charge in [0.15, 0.2) is 11.4 Å². The zero-order valence-corrected chi connectivity index (χ0v) is 14.8. The smallest absolute Gasteiger partial charge is 0.174 e. The molecule has 140 valence electrons. The van der Waals surface area contributed by atoms with Crippen molar-refractivity contribution in [3.05, 3.63) is 92.7 Å². The third-order valence-electron chi connectivity index (χ3n) is 4.17. The highest BCUT2D eigenvalue weighted by atomic mass is 16.6. The molecule has 0 aliphatic heterocycles. The van der Waals surface area contributed by atoms with Crippen molar-refractivity contribution in [3.8, 4) is 0 Å². The Morgan fingerprint density at radius 2 is 1.11 bits per heavy atom. The van der Waals surface area contributed by atoms with E-state index >= 15 is 0 Å². The van der Waals surface area contributed by atoms with Crippen LogP contribution in [0, 0.1) is 0 Å². The van der Waals surface area contributed by atoms with Gasteiger partial charge in [-0.3, -0.25) is 0 Å². The van der Waals surface area contributed by atoms with Crippen LogP contribution in [0.5, 0.6) is 0 Å². The Morgan fingerprint density at radius 3 is 1.41 bits per heavy atom. The fraction of sp³-hybridized carbons (Fsp3) is 0.333. The number of rotatable bonds is 10. The quantitative estimate of drug-likeness (QED) is 0.370. The Labute approximate surface area is 157 Å². The highest BCUT2D eigenvalue weighted by molar-refractivity contribution is 5.26. The predicted octanol–water partition coefficient (Wildman–Crippen LogP) is 4.03. The van der Waals surface area contributed by atoms with E-state index in [1.807, 2.05) is 12.1 Å². The lowest BCUT2D eigenvalue weighted by atomic mass is 9.95. The van der Waals surface area contributed by atoms with E-state index in [0.717, 1.165) is 0 Å². The lowest BCUT2D eigenvalue weighted by molar-refractivity contribution is -0.169. The molecule has 0 saturated heterocycles. The minimum Gasteiger partial charge on any atom is -0.347 e. The molecule has 0 aliphatic carbocycles. The van der Waals surface area contributed by atoms with Crippen molar-refractivity contribution in [3.63, 3.8) is 0 Å². The molecule has 2 unspecified atom stereocenters. The summed E-state index contributed by atoms with van der Waals surface area (Å²) in [7, 11) is 0. The molecule has 2 aromatic rings. The fourth-order valence-corrected chi connectivity index (χ4v) is 2.98. The molecule has 2 rings (SSSR count). The summed E-state index contributed by atoms with van der Waals surface area (Å²) in [6.45, 7) is 0.384. The summed E-state index contributed by atoms with van der Waals surface area (Å²) in [6, 6.07) is 18.0. The van der Waals surface area contributed by atoms with E-state index in [1.54, 1.807) is 48.5 Å². The summed E-state index contributed by atoms with van der Waals surface area (Å²) in [6.07, 6.45) is 0.391. The Hall–Kier alpha value is -3.06. The first-order valence-corrected chi connectivity index (χ1v) is 8.50. The van der Waals surface area contributed by atoms with E-state index < -0.39 is 11.4 Å². The van der Waals surface area contributed by atoms with Gasteiger partial charge >= 0.3 is 0 Å². The van der Waals surface area contributed by atoms with Gasteiger partial charge in [0, 0.05) is 9.82 Å². The number of benzene rings is 2. The first-order valence-electron chi connectivity index (χ1n) is 8.50. The molecule has 9 heteroatoms. The topological polar surface area (TPSA) is 159 Å². The van der Waals surface area contributed by atoms with Crippen LogP contribution in [-0.2, 0) is 16.2 Å². The monoisotopic (exact) mass is 366 g/mol. The van der Waals surface area contributed by atoms with Crippen LogP contribution in [0.4, 0.5) is 0 Å². The predicted molar refractivity (Wildman–Crippen MR) is 103 cm³/mol. The zero-order chi connectivity index (χ0) is 19.6. The van der Waals surface area contributed by atoms with Crippen molar-refractivity contribution in [2.75, 3.05) is 13.1 Å². The molecule has 2 aromatic carbocycles. The number of nitrogens with two attached hydrogens (primary N) is 2. The Bertz CT molecular complexity index is 748. The molecular formula is C18H22N8O. The number of hydrogen-bond donors (Lipinski definition) is 2. The molecule has 4 N–H and O–H groups in total. The second-order valence-corrected chi connectivity index (χ2v) is 5.86. The number of hydrogen-bond acceptors (Lipinski definition) is 5. The molecule has 9 nitrogen and oxygen atoms in total. The first-order chi connectivity index (χ1) is 13.2. The van der Waals surface area contributed by atoms with E-state index in [-0.39, 0.29) is 25.9 Å². The summed E-state index contributed by atoms with van der Waals surface area (Å²) in [4.78, 5) is 5.96. The average Bonchev–Trinajstić information content (AvgIpc) is 2.70. The Kier molecular flexibility index (Phi) is 7.19. The Morgan fingerprint density at radius 1 is 0.741 bits per heavy atom. The van der Waals surface area contributed by atoms with E-state index in [4.69, 9.17) is 16.2 Å². The maximum Gasteiger partial charge on any atom is 0.174 e. The van der Waals surface area contributed by atoms with Crippen LogP contribution in [0.25, 0.3) is 20.9 Å². The maximum atomic E-state index is 9.23. The van der Waals surface area contributed by atoms with Crippen LogP contribution in [0.2, 0.25) is 0 Å². The highest BCUT2D eigenvalue weighted by Crippen LogP contribution is 2.42. The fourth-order valence-electron chi connectivity index (χ4n) is 2.98. The van der Waals surface area contributed by atoms with Crippen LogP contribution in [-0.4, -0.2) is 13.1 Å². The molecule has 0 radical (unpaired) electrons. The third-order valence-corrected chi connectivity index (χ3v) is 4.17. The maximum absolute atomic E-state index is 9.23. The van der Waals surface area contributed by atoms with Crippen LogP contribution >= 0.6 is 0 Å². The first kappa shape index (κ1) is 20.3. The van der Waals surface area contributed by atoms with E-state index in [0.29, 0.717) is 11.1 Å². The van der Waals surface area contributed by atoms with Crippen LogP contribution in [0.1, 0.15) is 24.0 Å². The lowest BCUT2D eigenvalue weighted by Gasteiger charge is -2.39. The molecular weight excluding hydrogens is 344 g/mol. The van der Waals surface area contributed by atoms with E-state index in [9.17, 15) is 11.1 Å². The Balaban J connectivity index is 2.69. The molecule has 2 atom stereocenters. The lowest BCUT2D eigenvalue weighted by Crippen LogP contribution is -2.41. The van der Waals surface area contributed by atoms with Gasteiger partial charge in [0.1, 0.15) is 0 Å². The van der Waals surface area contributed by atoms with Crippen molar-refractivity contribution in [1.82, 2.24) is 0 Å². The van der Waals surface area contributed by atoms with Crippen molar-refractivity contribution in [1.29, 1.82) is 0 Å². The van der Waals surface area contributed by atoms with Crippen molar-refractivity contribution in [2.24, 2.45) is 21.7 Å².